The first-order valence-corrected chi connectivity index (χ1v) is 8.59. The number of allylic oxidation sites excluding steroid dienone is 1. The first-order valence-electron chi connectivity index (χ1n) is 7.15. The van der Waals surface area contributed by atoms with Crippen LogP contribution in [0.1, 0.15) is 37.9 Å². The summed E-state index contributed by atoms with van der Waals surface area (Å²) in [5.41, 5.74) is 1.49. The van der Waals surface area contributed by atoms with E-state index in [0.717, 1.165) is 18.5 Å². The molecule has 1 heterocycles. The molecule has 0 atom stereocenters. The Bertz CT molecular complexity index is 564. The highest BCUT2D eigenvalue weighted by atomic mass is 32.2. The van der Waals surface area contributed by atoms with E-state index in [1.54, 1.807) is 13.1 Å². The van der Waals surface area contributed by atoms with Gasteiger partial charge < -0.3 is 5.32 Å². The standard InChI is InChI=1S/C14H26N4O2S/c1-6-7-8-9-18(5)21(19,20)14-13(10-15-11(2)3)12(4)16-17-14/h6,11,15H,1,7-10H2,2-5H3,(H,16,17). The van der Waals surface area contributed by atoms with E-state index in [4.69, 9.17) is 0 Å². The summed E-state index contributed by atoms with van der Waals surface area (Å²) >= 11 is 0. The maximum Gasteiger partial charge on any atom is 0.262 e. The summed E-state index contributed by atoms with van der Waals surface area (Å²) < 4.78 is 26.5. The third kappa shape index (κ3) is 4.66. The van der Waals surface area contributed by atoms with Gasteiger partial charge in [0.25, 0.3) is 10.0 Å². The highest BCUT2D eigenvalue weighted by molar-refractivity contribution is 7.89. The highest BCUT2D eigenvalue weighted by Gasteiger charge is 2.27. The normalized spacial score (nSPS) is 12.3. The SMILES string of the molecule is C=CCCCN(C)S(=O)(=O)c1n[nH]c(C)c1CNC(C)C. The van der Waals surface area contributed by atoms with Gasteiger partial charge in [-0.2, -0.15) is 9.40 Å². The number of aromatic nitrogens is 2. The fourth-order valence-electron chi connectivity index (χ4n) is 1.88. The lowest BCUT2D eigenvalue weighted by molar-refractivity contribution is 0.458. The first kappa shape index (κ1) is 17.9. The first-order chi connectivity index (χ1) is 9.80. The second-order valence-corrected chi connectivity index (χ2v) is 7.39. The molecule has 0 aliphatic rings. The lowest BCUT2D eigenvalue weighted by Gasteiger charge is -2.17. The average Bonchev–Trinajstić information content (AvgIpc) is 2.78. The van der Waals surface area contributed by atoms with Crippen LogP contribution in [0.25, 0.3) is 0 Å². The minimum atomic E-state index is -3.56. The lowest BCUT2D eigenvalue weighted by Crippen LogP contribution is -2.30. The van der Waals surface area contributed by atoms with Gasteiger partial charge in [-0.1, -0.05) is 19.9 Å². The topological polar surface area (TPSA) is 78.1 Å². The van der Waals surface area contributed by atoms with Crippen molar-refractivity contribution in [2.75, 3.05) is 13.6 Å². The van der Waals surface area contributed by atoms with E-state index < -0.39 is 10.0 Å². The van der Waals surface area contributed by atoms with E-state index in [9.17, 15) is 8.42 Å². The number of H-pyrrole nitrogens is 1. The fourth-order valence-corrected chi connectivity index (χ4v) is 3.25. The molecule has 0 fully saturated rings. The van der Waals surface area contributed by atoms with Gasteiger partial charge in [-0.15, -0.1) is 6.58 Å². The summed E-state index contributed by atoms with van der Waals surface area (Å²) in [6.07, 6.45) is 3.33. The molecule has 0 spiro atoms. The summed E-state index contributed by atoms with van der Waals surface area (Å²) in [6, 6.07) is 0.278. The van der Waals surface area contributed by atoms with Gasteiger partial charge in [0.15, 0.2) is 5.03 Å². The van der Waals surface area contributed by atoms with E-state index in [1.165, 1.54) is 4.31 Å². The molecule has 0 amide bonds. The van der Waals surface area contributed by atoms with Crippen LogP contribution in [0, 0.1) is 6.92 Å². The van der Waals surface area contributed by atoms with Gasteiger partial charge in [0.1, 0.15) is 0 Å². The second-order valence-electron chi connectivity index (χ2n) is 5.43. The zero-order chi connectivity index (χ0) is 16.0. The van der Waals surface area contributed by atoms with E-state index in [-0.39, 0.29) is 11.1 Å². The number of hydrogen-bond donors (Lipinski definition) is 2. The number of aryl methyl sites for hydroxylation is 1. The molecule has 0 aliphatic carbocycles. The van der Waals surface area contributed by atoms with Crippen LogP contribution in [0.2, 0.25) is 0 Å². The van der Waals surface area contributed by atoms with Crippen molar-refractivity contribution in [1.82, 2.24) is 19.8 Å². The maximum absolute atomic E-state index is 12.6. The Morgan fingerprint density at radius 2 is 2.14 bits per heavy atom. The number of unbranched alkanes of at least 4 members (excludes halogenated alkanes) is 1. The summed E-state index contributed by atoms with van der Waals surface area (Å²) in [5.74, 6) is 0. The van der Waals surface area contributed by atoms with Crippen molar-refractivity contribution in [2.45, 2.75) is 51.2 Å². The lowest BCUT2D eigenvalue weighted by atomic mass is 10.2. The van der Waals surface area contributed by atoms with Crippen LogP contribution >= 0.6 is 0 Å². The van der Waals surface area contributed by atoms with Crippen molar-refractivity contribution in [1.29, 1.82) is 0 Å². The summed E-state index contributed by atoms with van der Waals surface area (Å²) in [4.78, 5) is 0. The highest BCUT2D eigenvalue weighted by Crippen LogP contribution is 2.20. The molecular weight excluding hydrogens is 288 g/mol. The summed E-state index contributed by atoms with van der Waals surface area (Å²) in [7, 11) is -1.98. The Balaban J connectivity index is 2.94. The molecule has 0 aliphatic heterocycles. The van der Waals surface area contributed by atoms with Gasteiger partial charge >= 0.3 is 0 Å². The summed E-state index contributed by atoms with van der Waals surface area (Å²) in [6.45, 7) is 10.5. The van der Waals surface area contributed by atoms with Gasteiger partial charge in [-0.25, -0.2) is 8.42 Å². The molecule has 1 aromatic heterocycles. The number of hydrogen-bond acceptors (Lipinski definition) is 4. The molecular formula is C14H26N4O2S. The molecule has 6 nitrogen and oxygen atoms in total. The van der Waals surface area contributed by atoms with Gasteiger partial charge in [-0.05, 0) is 19.8 Å². The van der Waals surface area contributed by atoms with Gasteiger partial charge in [0.2, 0.25) is 0 Å². The van der Waals surface area contributed by atoms with Crippen LogP contribution in [-0.4, -0.2) is 42.6 Å². The average molecular weight is 314 g/mol. The number of aromatic amines is 1. The minimum absolute atomic E-state index is 0.120. The summed E-state index contributed by atoms with van der Waals surface area (Å²) in [5, 5.41) is 10.1. The number of nitrogens with zero attached hydrogens (tertiary/aromatic N) is 2. The van der Waals surface area contributed by atoms with Gasteiger partial charge in [0, 0.05) is 37.4 Å². The van der Waals surface area contributed by atoms with E-state index in [2.05, 4.69) is 22.1 Å². The molecule has 1 rings (SSSR count). The largest absolute Gasteiger partial charge is 0.310 e. The molecule has 0 radical (unpaired) electrons. The molecule has 7 heteroatoms. The van der Waals surface area contributed by atoms with Crippen molar-refractivity contribution < 1.29 is 8.42 Å². The van der Waals surface area contributed by atoms with Gasteiger partial charge in [-0.3, -0.25) is 5.10 Å². The molecule has 0 aromatic carbocycles. The van der Waals surface area contributed by atoms with Crippen LogP contribution in [0.3, 0.4) is 0 Å². The predicted octanol–water partition coefficient (Wildman–Crippen LogP) is 1.80. The predicted molar refractivity (Wildman–Crippen MR) is 84.5 cm³/mol. The van der Waals surface area contributed by atoms with E-state index in [0.29, 0.717) is 18.7 Å². The van der Waals surface area contributed by atoms with Crippen LogP contribution in [0.4, 0.5) is 0 Å². The number of nitrogens with one attached hydrogen (secondary N) is 2. The fraction of sp³-hybridized carbons (Fsp3) is 0.643. The van der Waals surface area contributed by atoms with Crippen LogP contribution < -0.4 is 5.32 Å². The third-order valence-electron chi connectivity index (χ3n) is 3.26. The van der Waals surface area contributed by atoms with Crippen molar-refractivity contribution in [3.05, 3.63) is 23.9 Å². The van der Waals surface area contributed by atoms with E-state index in [1.807, 2.05) is 20.8 Å². The number of sulfonamides is 1. The maximum atomic E-state index is 12.6. The van der Waals surface area contributed by atoms with Crippen molar-refractivity contribution in [3.63, 3.8) is 0 Å². The molecule has 21 heavy (non-hydrogen) atoms. The van der Waals surface area contributed by atoms with Gasteiger partial charge in [0.05, 0.1) is 0 Å². The molecule has 2 N–H and O–H groups in total. The van der Waals surface area contributed by atoms with Crippen LogP contribution in [0.5, 0.6) is 0 Å². The Morgan fingerprint density at radius 1 is 1.48 bits per heavy atom. The van der Waals surface area contributed by atoms with Crippen LogP contribution in [0.15, 0.2) is 17.7 Å². The van der Waals surface area contributed by atoms with Crippen molar-refractivity contribution >= 4 is 10.0 Å². The zero-order valence-electron chi connectivity index (χ0n) is 13.3. The Labute approximate surface area is 127 Å². The second kappa shape index (κ2) is 7.72. The smallest absolute Gasteiger partial charge is 0.262 e. The van der Waals surface area contributed by atoms with Crippen molar-refractivity contribution in [2.24, 2.45) is 0 Å². The zero-order valence-corrected chi connectivity index (χ0v) is 14.1. The molecule has 0 bridgehead atoms. The minimum Gasteiger partial charge on any atom is -0.310 e. The van der Waals surface area contributed by atoms with E-state index >= 15 is 0 Å². The molecule has 120 valence electrons. The Kier molecular flexibility index (Phi) is 6.57. The molecule has 0 unspecified atom stereocenters. The molecule has 1 aromatic rings. The van der Waals surface area contributed by atoms with Crippen LogP contribution in [-0.2, 0) is 16.6 Å². The molecule has 0 saturated carbocycles. The van der Waals surface area contributed by atoms with Crippen molar-refractivity contribution in [3.8, 4) is 0 Å². The Hall–Kier alpha value is -1.18. The number of rotatable bonds is 9. The third-order valence-corrected chi connectivity index (χ3v) is 5.09. The quantitative estimate of drug-likeness (QED) is 0.538. The Morgan fingerprint density at radius 3 is 2.71 bits per heavy atom. The monoisotopic (exact) mass is 314 g/mol. The molecule has 0 saturated heterocycles.